The van der Waals surface area contributed by atoms with Gasteiger partial charge in [-0.3, -0.25) is 4.72 Å². The Morgan fingerprint density at radius 1 is 1.02 bits per heavy atom. The number of carbonyl (C=O) groups is 1. The van der Waals surface area contributed by atoms with Gasteiger partial charge in [0.25, 0.3) is 6.43 Å². The minimum Gasteiger partial charge on any atom is -0.444 e. The molecular weight excluding hydrogens is 830 g/mol. The van der Waals surface area contributed by atoms with Gasteiger partial charge in [-0.25, -0.2) is 41.3 Å². The Morgan fingerprint density at radius 2 is 1.73 bits per heavy atom. The average Bonchev–Trinajstić information content (AvgIpc) is 3.84. The van der Waals surface area contributed by atoms with Crippen LogP contribution in [0.5, 0.6) is 0 Å². The summed E-state index contributed by atoms with van der Waals surface area (Å²) in [4.78, 5) is 31.7. The fourth-order valence-corrected chi connectivity index (χ4v) is 13.8. The SMILES string of the molecule is CC(C)(C)OC(=O)N1CC2CCC(C1)N2c1nc(-c2cccc(NS(=O)(=O)N3Cc4cccc(C(F)F)c4C3)c2F)c(-c2ccnc(NC3CC4(C3)CS(=O)(=O)C4)n2)s1. The first-order chi connectivity index (χ1) is 27.9. The summed E-state index contributed by atoms with van der Waals surface area (Å²) in [5, 5.41) is 3.91. The number of likely N-dealkylation sites (tertiary alicyclic amines) is 1. The van der Waals surface area contributed by atoms with E-state index in [0.717, 1.165) is 17.1 Å². The molecular formula is C39H43F3N8O6S3. The van der Waals surface area contributed by atoms with E-state index in [1.54, 1.807) is 23.2 Å². The number of alkyl halides is 2. The van der Waals surface area contributed by atoms with E-state index in [2.05, 4.69) is 19.9 Å². The Labute approximate surface area is 344 Å². The van der Waals surface area contributed by atoms with Crippen LogP contribution in [0.25, 0.3) is 21.8 Å². The molecule has 1 spiro atoms. The predicted octanol–water partition coefficient (Wildman–Crippen LogP) is 6.59. The summed E-state index contributed by atoms with van der Waals surface area (Å²) in [5.74, 6) is -0.196. The van der Waals surface area contributed by atoms with Crippen molar-refractivity contribution in [2.75, 3.05) is 39.5 Å². The highest BCUT2D eigenvalue weighted by Crippen LogP contribution is 2.51. The van der Waals surface area contributed by atoms with Crippen LogP contribution >= 0.6 is 11.3 Å². The number of thiazole rings is 1. The molecule has 4 aliphatic heterocycles. The van der Waals surface area contributed by atoms with Crippen LogP contribution in [-0.4, -0.2) is 95.4 Å². The molecule has 2 unspecified atom stereocenters. The minimum absolute atomic E-state index is 0.00683. The quantitative estimate of drug-likeness (QED) is 0.186. The topological polar surface area (TPSA) is 167 Å². The van der Waals surface area contributed by atoms with Crippen molar-refractivity contribution in [3.8, 4) is 21.8 Å². The lowest BCUT2D eigenvalue weighted by Gasteiger charge is -2.53. The van der Waals surface area contributed by atoms with Crippen molar-refractivity contribution in [3.63, 3.8) is 0 Å². The number of ether oxygens (including phenoxy) is 1. The van der Waals surface area contributed by atoms with E-state index in [4.69, 9.17) is 14.7 Å². The van der Waals surface area contributed by atoms with Crippen molar-refractivity contribution in [1.29, 1.82) is 0 Å². The number of amides is 1. The fourth-order valence-electron chi connectivity index (χ4n) is 9.21. The summed E-state index contributed by atoms with van der Waals surface area (Å²) in [6.45, 7) is 5.84. The Bertz CT molecular complexity index is 2540. The van der Waals surface area contributed by atoms with Crippen LogP contribution in [0.4, 0.5) is 34.7 Å². The highest BCUT2D eigenvalue weighted by Gasteiger charge is 2.56. The molecule has 2 aromatic carbocycles. The van der Waals surface area contributed by atoms with Crippen LogP contribution in [-0.2, 0) is 37.9 Å². The van der Waals surface area contributed by atoms with E-state index in [-0.39, 0.29) is 82.3 Å². The van der Waals surface area contributed by atoms with Crippen molar-refractivity contribution in [2.24, 2.45) is 5.41 Å². The number of halogens is 3. The summed E-state index contributed by atoms with van der Waals surface area (Å²) in [6.07, 6.45) is 1.36. The maximum absolute atomic E-state index is 16.8. The molecule has 9 rings (SSSR count). The number of anilines is 3. The van der Waals surface area contributed by atoms with Gasteiger partial charge >= 0.3 is 16.3 Å². The van der Waals surface area contributed by atoms with E-state index >= 15 is 4.39 Å². The summed E-state index contributed by atoms with van der Waals surface area (Å²) in [5.41, 5.74) is -0.0841. The van der Waals surface area contributed by atoms with E-state index in [1.807, 2.05) is 20.8 Å². The third kappa shape index (κ3) is 7.61. The van der Waals surface area contributed by atoms with Crippen LogP contribution in [0.15, 0.2) is 48.7 Å². The number of sulfone groups is 1. The molecule has 2 aromatic heterocycles. The third-order valence-corrected chi connectivity index (χ3v) is 16.3. The molecule has 4 aromatic rings. The average molecular weight is 873 g/mol. The van der Waals surface area contributed by atoms with Crippen molar-refractivity contribution < 1.29 is 39.5 Å². The van der Waals surface area contributed by atoms with Crippen LogP contribution in [0.2, 0.25) is 0 Å². The number of hydrogen-bond acceptors (Lipinski definition) is 12. The lowest BCUT2D eigenvalue weighted by Crippen LogP contribution is -2.60. The maximum atomic E-state index is 16.8. The van der Waals surface area contributed by atoms with E-state index in [0.29, 0.717) is 53.1 Å². The summed E-state index contributed by atoms with van der Waals surface area (Å²) >= 11 is 1.31. The van der Waals surface area contributed by atoms with E-state index < -0.39 is 37.9 Å². The molecule has 2 N–H and O–H groups in total. The summed E-state index contributed by atoms with van der Waals surface area (Å²) < 4.78 is 104. The zero-order valence-electron chi connectivity index (χ0n) is 32.5. The highest BCUT2D eigenvalue weighted by atomic mass is 32.2. The van der Waals surface area contributed by atoms with Gasteiger partial charge in [-0.05, 0) is 75.8 Å². The number of rotatable bonds is 9. The molecule has 20 heteroatoms. The van der Waals surface area contributed by atoms with E-state index in [1.165, 1.54) is 41.7 Å². The zero-order chi connectivity index (χ0) is 41.6. The Balaban J connectivity index is 1.03. The zero-order valence-corrected chi connectivity index (χ0v) is 34.9. The van der Waals surface area contributed by atoms with Crippen molar-refractivity contribution >= 4 is 54.2 Å². The van der Waals surface area contributed by atoms with Crippen LogP contribution in [0, 0.1) is 11.2 Å². The van der Waals surface area contributed by atoms with Gasteiger partial charge in [0, 0.05) is 67.0 Å². The van der Waals surface area contributed by atoms with Crippen molar-refractivity contribution in [3.05, 3.63) is 71.2 Å². The van der Waals surface area contributed by atoms with Crippen molar-refractivity contribution in [2.45, 2.75) is 89.7 Å². The van der Waals surface area contributed by atoms with Crippen molar-refractivity contribution in [1.82, 2.24) is 24.2 Å². The molecule has 4 fully saturated rings. The molecule has 59 heavy (non-hydrogen) atoms. The van der Waals surface area contributed by atoms with Gasteiger partial charge in [0.1, 0.15) is 5.60 Å². The first-order valence-electron chi connectivity index (χ1n) is 19.4. The van der Waals surface area contributed by atoms with Crippen LogP contribution in [0.1, 0.15) is 69.6 Å². The largest absolute Gasteiger partial charge is 0.444 e. The number of piperazine rings is 1. The van der Waals surface area contributed by atoms with Gasteiger partial charge in [0.15, 0.2) is 20.8 Å². The second-order valence-corrected chi connectivity index (χ2v) is 21.9. The number of nitrogens with one attached hydrogen (secondary N) is 2. The molecule has 1 saturated carbocycles. The molecule has 2 atom stereocenters. The number of hydrogen-bond donors (Lipinski definition) is 2. The van der Waals surface area contributed by atoms with Gasteiger partial charge in [0.2, 0.25) is 5.95 Å². The maximum Gasteiger partial charge on any atom is 0.410 e. The molecule has 1 aliphatic carbocycles. The molecule has 314 valence electrons. The van der Waals surface area contributed by atoms with Gasteiger partial charge in [-0.2, -0.15) is 12.7 Å². The summed E-state index contributed by atoms with van der Waals surface area (Å²) in [7, 11) is -7.38. The summed E-state index contributed by atoms with van der Waals surface area (Å²) in [6, 6.07) is 10.1. The van der Waals surface area contributed by atoms with E-state index in [9.17, 15) is 30.4 Å². The number of carbonyl (C=O) groups excluding carboxylic acids is 1. The molecule has 6 heterocycles. The van der Waals surface area contributed by atoms with Gasteiger partial charge in [-0.1, -0.05) is 35.6 Å². The predicted molar refractivity (Wildman–Crippen MR) is 217 cm³/mol. The Hall–Kier alpha value is -4.53. The van der Waals surface area contributed by atoms with Gasteiger partial charge in [0.05, 0.1) is 33.5 Å². The molecule has 1 amide bonds. The lowest BCUT2D eigenvalue weighted by molar-refractivity contribution is 0.0209. The minimum atomic E-state index is -4.41. The molecule has 14 nitrogen and oxygen atoms in total. The highest BCUT2D eigenvalue weighted by molar-refractivity contribution is 7.92. The number of benzene rings is 2. The lowest BCUT2D eigenvalue weighted by atomic mass is 9.67. The number of aromatic nitrogens is 3. The second kappa shape index (κ2) is 14.3. The van der Waals surface area contributed by atoms with Gasteiger partial charge in [-0.15, -0.1) is 0 Å². The van der Waals surface area contributed by atoms with Crippen LogP contribution < -0.4 is 14.9 Å². The first kappa shape index (κ1) is 39.9. The standard InChI is InChI=1S/C39H43F3N8O6S3/c1-38(2,3)56-37(51)48-17-24-10-11-25(18-48)50(24)36-46-32(33(57-36)30-12-13-43-35(45-30)44-23-14-39(15-23)20-58(52,53)21-39)27-8-5-9-29(31(27)40)47-59(54,55)49-16-22-6-4-7-26(34(41)42)28(22)19-49/h4-9,12-13,23-25,34,47H,10-11,14-21H2,1-3H3,(H,43,44,45). The molecule has 3 saturated heterocycles. The third-order valence-electron chi connectivity index (χ3n) is 11.7. The molecule has 2 bridgehead atoms. The monoisotopic (exact) mass is 872 g/mol. The Morgan fingerprint density at radius 3 is 2.41 bits per heavy atom. The Kier molecular flexibility index (Phi) is 9.67. The number of nitrogens with zero attached hydrogens (tertiary/aromatic N) is 6. The normalized spacial score (nSPS) is 22.3. The smallest absolute Gasteiger partial charge is 0.410 e. The molecule has 5 aliphatic rings. The molecule has 0 radical (unpaired) electrons. The van der Waals surface area contributed by atoms with Gasteiger partial charge < -0.3 is 19.9 Å². The van der Waals surface area contributed by atoms with Crippen LogP contribution in [0.3, 0.4) is 0 Å². The second-order valence-electron chi connectivity index (χ2n) is 17.2. The fraction of sp³-hybridized carbons (Fsp3) is 0.487. The first-order valence-corrected chi connectivity index (χ1v) is 23.5. The number of fused-ring (bicyclic) bond motifs is 3.